The first-order valence-corrected chi connectivity index (χ1v) is 6.77. The van der Waals surface area contributed by atoms with Crippen LogP contribution in [-0.2, 0) is 4.74 Å². The molecule has 1 aromatic rings. The standard InChI is InChI=1S/C13H16N2O2S/c1-10-9-15(6-7-17-10)13(16)12-11(3-2-5-14)4-8-18-12/h4,8,10H,5-7,9,14H2,1H3. The molecule has 1 aliphatic rings. The van der Waals surface area contributed by atoms with E-state index in [1.54, 1.807) is 0 Å². The van der Waals surface area contributed by atoms with E-state index in [0.29, 0.717) is 31.1 Å². The summed E-state index contributed by atoms with van der Waals surface area (Å²) in [5.74, 6) is 5.77. The molecule has 0 bridgehead atoms. The Labute approximate surface area is 111 Å². The number of carbonyl (C=O) groups excluding carboxylic acids is 1. The quantitative estimate of drug-likeness (QED) is 0.767. The van der Waals surface area contributed by atoms with Crippen molar-refractivity contribution >= 4 is 17.2 Å². The molecular weight excluding hydrogens is 248 g/mol. The first kappa shape index (κ1) is 13.1. The van der Waals surface area contributed by atoms with Crippen molar-refractivity contribution in [2.75, 3.05) is 26.2 Å². The number of nitrogens with zero attached hydrogens (tertiary/aromatic N) is 1. The third-order valence-electron chi connectivity index (χ3n) is 2.71. The van der Waals surface area contributed by atoms with Crippen LogP contribution in [0.1, 0.15) is 22.2 Å². The molecule has 2 heterocycles. The lowest BCUT2D eigenvalue weighted by Crippen LogP contribution is -2.44. The smallest absolute Gasteiger partial charge is 0.265 e. The second-order valence-corrected chi connectivity index (χ2v) is 5.02. The van der Waals surface area contributed by atoms with Crippen LogP contribution in [0.25, 0.3) is 0 Å². The highest BCUT2D eigenvalue weighted by Crippen LogP contribution is 2.19. The number of thiophene rings is 1. The van der Waals surface area contributed by atoms with Crippen LogP contribution in [-0.4, -0.2) is 43.2 Å². The van der Waals surface area contributed by atoms with Crippen molar-refractivity contribution in [2.45, 2.75) is 13.0 Å². The minimum absolute atomic E-state index is 0.0430. The minimum atomic E-state index is 0.0430. The first-order chi connectivity index (χ1) is 8.72. The fraction of sp³-hybridized carbons (Fsp3) is 0.462. The van der Waals surface area contributed by atoms with E-state index >= 15 is 0 Å². The molecule has 5 heteroatoms. The molecule has 1 aromatic heterocycles. The zero-order valence-corrected chi connectivity index (χ0v) is 11.1. The first-order valence-electron chi connectivity index (χ1n) is 5.89. The third kappa shape index (κ3) is 2.91. The van der Waals surface area contributed by atoms with Gasteiger partial charge in [-0.3, -0.25) is 4.79 Å². The van der Waals surface area contributed by atoms with Crippen LogP contribution >= 0.6 is 11.3 Å². The van der Waals surface area contributed by atoms with Gasteiger partial charge in [0.2, 0.25) is 0 Å². The van der Waals surface area contributed by atoms with Crippen LogP contribution in [0.5, 0.6) is 0 Å². The number of hydrogen-bond acceptors (Lipinski definition) is 4. The lowest BCUT2D eigenvalue weighted by Gasteiger charge is -2.30. The monoisotopic (exact) mass is 264 g/mol. The summed E-state index contributed by atoms with van der Waals surface area (Å²) in [7, 11) is 0. The van der Waals surface area contributed by atoms with Crippen molar-refractivity contribution in [1.29, 1.82) is 0 Å². The number of rotatable bonds is 1. The van der Waals surface area contributed by atoms with Crippen molar-refractivity contribution in [3.8, 4) is 11.8 Å². The van der Waals surface area contributed by atoms with E-state index in [-0.39, 0.29) is 12.0 Å². The number of morpholine rings is 1. The number of nitrogens with two attached hydrogens (primary N) is 1. The molecule has 0 radical (unpaired) electrons. The van der Waals surface area contributed by atoms with Crippen molar-refractivity contribution in [3.05, 3.63) is 21.9 Å². The molecule has 18 heavy (non-hydrogen) atoms. The van der Waals surface area contributed by atoms with E-state index in [0.717, 1.165) is 5.56 Å². The fourth-order valence-electron chi connectivity index (χ4n) is 1.87. The summed E-state index contributed by atoms with van der Waals surface area (Å²) < 4.78 is 5.44. The van der Waals surface area contributed by atoms with Crippen molar-refractivity contribution in [2.24, 2.45) is 5.73 Å². The van der Waals surface area contributed by atoms with Crippen LogP contribution in [0.15, 0.2) is 11.4 Å². The zero-order chi connectivity index (χ0) is 13.0. The van der Waals surface area contributed by atoms with E-state index in [1.807, 2.05) is 23.3 Å². The highest BCUT2D eigenvalue weighted by atomic mass is 32.1. The van der Waals surface area contributed by atoms with Gasteiger partial charge in [0.05, 0.1) is 19.3 Å². The summed E-state index contributed by atoms with van der Waals surface area (Å²) in [6.07, 6.45) is 0.0984. The largest absolute Gasteiger partial charge is 0.375 e. The van der Waals surface area contributed by atoms with E-state index in [4.69, 9.17) is 10.5 Å². The van der Waals surface area contributed by atoms with Crippen LogP contribution < -0.4 is 5.73 Å². The Balaban J connectivity index is 2.15. The normalized spacial score (nSPS) is 19.2. The number of amides is 1. The highest BCUT2D eigenvalue weighted by Gasteiger charge is 2.24. The van der Waals surface area contributed by atoms with Crippen molar-refractivity contribution in [3.63, 3.8) is 0 Å². The number of hydrogen-bond donors (Lipinski definition) is 1. The summed E-state index contributed by atoms with van der Waals surface area (Å²) in [6.45, 7) is 4.16. The van der Waals surface area contributed by atoms with Crippen LogP contribution in [0.4, 0.5) is 0 Å². The Kier molecular flexibility index (Phi) is 4.37. The van der Waals surface area contributed by atoms with Crippen LogP contribution in [0, 0.1) is 11.8 Å². The number of carbonyl (C=O) groups is 1. The Morgan fingerprint density at radius 2 is 2.56 bits per heavy atom. The topological polar surface area (TPSA) is 55.6 Å². The molecule has 0 aliphatic carbocycles. The van der Waals surface area contributed by atoms with Crippen molar-refractivity contribution in [1.82, 2.24) is 4.90 Å². The molecule has 2 rings (SSSR count). The van der Waals surface area contributed by atoms with E-state index in [9.17, 15) is 4.79 Å². The predicted molar refractivity (Wildman–Crippen MR) is 71.6 cm³/mol. The van der Waals surface area contributed by atoms with Crippen molar-refractivity contribution < 1.29 is 9.53 Å². The summed E-state index contributed by atoms with van der Waals surface area (Å²) in [5.41, 5.74) is 6.12. The second-order valence-electron chi connectivity index (χ2n) is 4.10. The summed E-state index contributed by atoms with van der Waals surface area (Å²) in [6, 6.07) is 1.87. The molecule has 0 aromatic carbocycles. The maximum Gasteiger partial charge on any atom is 0.265 e. The van der Waals surface area contributed by atoms with Gasteiger partial charge in [0.1, 0.15) is 4.88 Å². The molecule has 1 unspecified atom stereocenters. The molecule has 1 aliphatic heterocycles. The van der Waals surface area contributed by atoms with E-state index in [1.165, 1.54) is 11.3 Å². The summed E-state index contributed by atoms with van der Waals surface area (Å²) >= 11 is 1.43. The highest BCUT2D eigenvalue weighted by molar-refractivity contribution is 7.12. The second kappa shape index (κ2) is 6.01. The molecule has 1 fully saturated rings. The molecule has 2 N–H and O–H groups in total. The average molecular weight is 264 g/mol. The van der Waals surface area contributed by atoms with Gasteiger partial charge in [0.15, 0.2) is 0 Å². The van der Waals surface area contributed by atoms with Gasteiger partial charge in [-0.2, -0.15) is 0 Å². The fourth-order valence-corrected chi connectivity index (χ4v) is 2.68. The van der Waals surface area contributed by atoms with Gasteiger partial charge >= 0.3 is 0 Å². The van der Waals surface area contributed by atoms with E-state index in [2.05, 4.69) is 11.8 Å². The Morgan fingerprint density at radius 1 is 1.72 bits per heavy atom. The molecule has 0 spiro atoms. The van der Waals surface area contributed by atoms with Crippen LogP contribution in [0.3, 0.4) is 0 Å². The zero-order valence-electron chi connectivity index (χ0n) is 10.3. The lowest BCUT2D eigenvalue weighted by atomic mass is 10.2. The SMILES string of the molecule is CC1CN(C(=O)c2sccc2C#CCN)CCO1. The van der Waals surface area contributed by atoms with Gasteiger partial charge in [-0.15, -0.1) is 11.3 Å². The number of ether oxygens (including phenoxy) is 1. The van der Waals surface area contributed by atoms with E-state index < -0.39 is 0 Å². The van der Waals surface area contributed by atoms with Gasteiger partial charge in [-0.25, -0.2) is 0 Å². The Hall–Kier alpha value is -1.35. The van der Waals surface area contributed by atoms with Gasteiger partial charge in [-0.05, 0) is 18.4 Å². The Morgan fingerprint density at radius 3 is 3.28 bits per heavy atom. The molecule has 1 atom stereocenters. The van der Waals surface area contributed by atoms with Gasteiger partial charge in [0, 0.05) is 18.7 Å². The summed E-state index contributed by atoms with van der Waals surface area (Å²) in [5, 5.41) is 1.89. The molecule has 0 saturated carbocycles. The Bertz CT molecular complexity index is 487. The molecule has 4 nitrogen and oxygen atoms in total. The minimum Gasteiger partial charge on any atom is -0.375 e. The molecule has 1 saturated heterocycles. The van der Waals surface area contributed by atoms with Gasteiger partial charge in [0.25, 0.3) is 5.91 Å². The maximum absolute atomic E-state index is 12.4. The van der Waals surface area contributed by atoms with Gasteiger partial charge in [-0.1, -0.05) is 11.8 Å². The maximum atomic E-state index is 12.4. The summed E-state index contributed by atoms with van der Waals surface area (Å²) in [4.78, 5) is 14.9. The molecule has 96 valence electrons. The molecule has 1 amide bonds. The molecular formula is C13H16N2O2S. The average Bonchev–Trinajstić information content (AvgIpc) is 2.83. The lowest BCUT2D eigenvalue weighted by molar-refractivity contribution is -0.0122. The van der Waals surface area contributed by atoms with Gasteiger partial charge < -0.3 is 15.4 Å². The van der Waals surface area contributed by atoms with Crippen LogP contribution in [0.2, 0.25) is 0 Å². The third-order valence-corrected chi connectivity index (χ3v) is 3.62. The predicted octanol–water partition coefficient (Wildman–Crippen LogP) is 0.919.